The van der Waals surface area contributed by atoms with Crippen molar-refractivity contribution in [3.8, 4) is 0 Å². The van der Waals surface area contributed by atoms with Crippen LogP contribution >= 0.6 is 0 Å². The molecular formula is C27H35N5O3. The van der Waals surface area contributed by atoms with Gasteiger partial charge >= 0.3 is 0 Å². The van der Waals surface area contributed by atoms with E-state index in [0.717, 1.165) is 43.9 Å². The Morgan fingerprint density at radius 2 is 1.66 bits per heavy atom. The topological polar surface area (TPSA) is 85.0 Å². The number of nitrogens with zero attached hydrogens (tertiary/aromatic N) is 3. The Labute approximate surface area is 207 Å². The predicted octanol–water partition coefficient (Wildman–Crippen LogP) is 1.78. The van der Waals surface area contributed by atoms with Gasteiger partial charge in [-0.2, -0.15) is 0 Å². The van der Waals surface area contributed by atoms with Crippen molar-refractivity contribution in [3.63, 3.8) is 0 Å². The molecule has 8 heteroatoms. The first-order valence-electron chi connectivity index (χ1n) is 12.3. The van der Waals surface area contributed by atoms with Crippen molar-refractivity contribution in [2.45, 2.75) is 32.9 Å². The van der Waals surface area contributed by atoms with Crippen LogP contribution in [0, 0.1) is 13.8 Å². The highest BCUT2D eigenvalue weighted by atomic mass is 16.2. The third-order valence-electron chi connectivity index (χ3n) is 6.89. The number of anilines is 1. The SMILES string of the molecule is Cc1ccc(NC(=O)C[C@@H]2C(=O)NCCN2C(=O)CN2CCN(Cc3ccccc3)CC2)cc1C. The molecule has 0 bridgehead atoms. The van der Waals surface area contributed by atoms with Crippen LogP contribution in [0.1, 0.15) is 23.1 Å². The van der Waals surface area contributed by atoms with Crippen LogP contribution in [0.3, 0.4) is 0 Å². The number of amides is 3. The molecule has 186 valence electrons. The van der Waals surface area contributed by atoms with Crippen LogP contribution in [-0.4, -0.2) is 84.3 Å². The summed E-state index contributed by atoms with van der Waals surface area (Å²) in [4.78, 5) is 44.6. The zero-order valence-electron chi connectivity index (χ0n) is 20.6. The zero-order chi connectivity index (χ0) is 24.8. The van der Waals surface area contributed by atoms with Crippen molar-refractivity contribution in [1.29, 1.82) is 0 Å². The molecule has 2 saturated heterocycles. The summed E-state index contributed by atoms with van der Waals surface area (Å²) >= 11 is 0. The van der Waals surface area contributed by atoms with E-state index in [1.54, 1.807) is 4.90 Å². The highest BCUT2D eigenvalue weighted by molar-refractivity contribution is 5.97. The Kier molecular flexibility index (Phi) is 8.15. The van der Waals surface area contributed by atoms with E-state index < -0.39 is 6.04 Å². The Hall–Kier alpha value is -3.23. The van der Waals surface area contributed by atoms with Gasteiger partial charge in [0, 0.05) is 51.5 Å². The third-order valence-corrected chi connectivity index (χ3v) is 6.89. The van der Waals surface area contributed by atoms with Gasteiger partial charge in [-0.1, -0.05) is 36.4 Å². The fourth-order valence-electron chi connectivity index (χ4n) is 4.65. The highest BCUT2D eigenvalue weighted by Gasteiger charge is 2.35. The minimum Gasteiger partial charge on any atom is -0.353 e. The summed E-state index contributed by atoms with van der Waals surface area (Å²) < 4.78 is 0. The molecule has 2 N–H and O–H groups in total. The number of piperazine rings is 2. The summed E-state index contributed by atoms with van der Waals surface area (Å²) in [5.74, 6) is -0.643. The number of nitrogens with one attached hydrogen (secondary N) is 2. The minimum atomic E-state index is -0.790. The maximum atomic E-state index is 13.2. The molecule has 2 aromatic rings. The lowest BCUT2D eigenvalue weighted by molar-refractivity contribution is -0.145. The van der Waals surface area contributed by atoms with Crippen LogP contribution in [0.5, 0.6) is 0 Å². The number of carbonyl (C=O) groups excluding carboxylic acids is 3. The van der Waals surface area contributed by atoms with Gasteiger partial charge in [0.15, 0.2) is 0 Å². The Bertz CT molecular complexity index is 1050. The first-order valence-corrected chi connectivity index (χ1v) is 12.3. The molecule has 3 amide bonds. The molecule has 0 radical (unpaired) electrons. The van der Waals surface area contributed by atoms with E-state index in [9.17, 15) is 14.4 Å². The summed E-state index contributed by atoms with van der Waals surface area (Å²) in [5, 5.41) is 5.67. The summed E-state index contributed by atoms with van der Waals surface area (Å²) in [6, 6.07) is 15.3. The van der Waals surface area contributed by atoms with Crippen molar-refractivity contribution in [2.75, 3.05) is 51.1 Å². The lowest BCUT2D eigenvalue weighted by Crippen LogP contribution is -2.60. The van der Waals surface area contributed by atoms with E-state index in [2.05, 4.69) is 44.7 Å². The Morgan fingerprint density at radius 3 is 2.37 bits per heavy atom. The van der Waals surface area contributed by atoms with Gasteiger partial charge < -0.3 is 15.5 Å². The number of rotatable bonds is 7. The van der Waals surface area contributed by atoms with Crippen molar-refractivity contribution < 1.29 is 14.4 Å². The fourth-order valence-corrected chi connectivity index (χ4v) is 4.65. The largest absolute Gasteiger partial charge is 0.353 e. The number of hydrogen-bond donors (Lipinski definition) is 2. The van der Waals surface area contributed by atoms with Crippen LogP contribution in [0.2, 0.25) is 0 Å². The smallest absolute Gasteiger partial charge is 0.243 e. The van der Waals surface area contributed by atoms with E-state index >= 15 is 0 Å². The third kappa shape index (κ3) is 6.68. The molecule has 2 aliphatic rings. The summed E-state index contributed by atoms with van der Waals surface area (Å²) in [5.41, 5.74) is 4.21. The van der Waals surface area contributed by atoms with E-state index in [-0.39, 0.29) is 30.7 Å². The van der Waals surface area contributed by atoms with Crippen molar-refractivity contribution in [1.82, 2.24) is 20.0 Å². The second-order valence-electron chi connectivity index (χ2n) is 9.48. The van der Waals surface area contributed by atoms with Crippen molar-refractivity contribution >= 4 is 23.4 Å². The van der Waals surface area contributed by atoms with Crippen molar-refractivity contribution in [2.24, 2.45) is 0 Å². The molecule has 1 atom stereocenters. The maximum Gasteiger partial charge on any atom is 0.243 e. The molecule has 2 fully saturated rings. The molecule has 0 saturated carbocycles. The molecule has 0 spiro atoms. The van der Waals surface area contributed by atoms with Gasteiger partial charge in [0.05, 0.1) is 13.0 Å². The van der Waals surface area contributed by atoms with Gasteiger partial charge in [0.1, 0.15) is 6.04 Å². The van der Waals surface area contributed by atoms with Gasteiger partial charge in [-0.3, -0.25) is 24.2 Å². The van der Waals surface area contributed by atoms with E-state index in [1.807, 2.05) is 38.1 Å². The quantitative estimate of drug-likeness (QED) is 0.635. The van der Waals surface area contributed by atoms with Crippen molar-refractivity contribution in [3.05, 3.63) is 65.2 Å². The monoisotopic (exact) mass is 477 g/mol. The molecule has 35 heavy (non-hydrogen) atoms. The number of benzene rings is 2. The molecule has 4 rings (SSSR count). The van der Waals surface area contributed by atoms with Gasteiger partial charge in [-0.15, -0.1) is 0 Å². The number of carbonyl (C=O) groups is 3. The van der Waals surface area contributed by atoms with Gasteiger partial charge in [0.2, 0.25) is 17.7 Å². The molecule has 0 aliphatic carbocycles. The average Bonchev–Trinajstić information content (AvgIpc) is 2.84. The normalized spacial score (nSPS) is 19.3. The highest BCUT2D eigenvalue weighted by Crippen LogP contribution is 2.17. The number of hydrogen-bond acceptors (Lipinski definition) is 5. The maximum absolute atomic E-state index is 13.2. The number of aryl methyl sites for hydroxylation is 2. The van der Waals surface area contributed by atoms with Gasteiger partial charge in [-0.25, -0.2) is 0 Å². The zero-order valence-corrected chi connectivity index (χ0v) is 20.6. The molecule has 2 aliphatic heterocycles. The molecule has 0 aromatic heterocycles. The summed E-state index contributed by atoms with van der Waals surface area (Å²) in [6.45, 7) is 9.39. The standard InChI is InChI=1S/C27H35N5O3/c1-20-8-9-23(16-21(20)2)29-25(33)17-24-27(35)28-10-11-32(24)26(34)19-31-14-12-30(13-15-31)18-22-6-4-3-5-7-22/h3-9,16,24H,10-15,17-19H2,1-2H3,(H,28,35)(H,29,33)/t24-/m1/s1. The van der Waals surface area contributed by atoms with E-state index in [0.29, 0.717) is 18.8 Å². The van der Waals surface area contributed by atoms with Crippen LogP contribution < -0.4 is 10.6 Å². The van der Waals surface area contributed by atoms with Crippen LogP contribution in [0.25, 0.3) is 0 Å². The fraction of sp³-hybridized carbons (Fsp3) is 0.444. The first kappa shape index (κ1) is 24.9. The Balaban J connectivity index is 1.30. The summed E-state index contributed by atoms with van der Waals surface area (Å²) in [7, 11) is 0. The van der Waals surface area contributed by atoms with Crippen LogP contribution in [-0.2, 0) is 20.9 Å². The predicted molar refractivity (Wildman–Crippen MR) is 136 cm³/mol. The van der Waals surface area contributed by atoms with Gasteiger partial charge in [-0.05, 0) is 42.7 Å². The van der Waals surface area contributed by atoms with E-state index in [4.69, 9.17) is 0 Å². The first-order chi connectivity index (χ1) is 16.9. The Morgan fingerprint density at radius 1 is 0.943 bits per heavy atom. The van der Waals surface area contributed by atoms with Crippen LogP contribution in [0.15, 0.2) is 48.5 Å². The molecule has 2 heterocycles. The van der Waals surface area contributed by atoms with E-state index in [1.165, 1.54) is 5.56 Å². The lowest BCUT2D eigenvalue weighted by atomic mass is 10.1. The average molecular weight is 478 g/mol. The molecule has 0 unspecified atom stereocenters. The molecule has 2 aromatic carbocycles. The van der Waals surface area contributed by atoms with Crippen LogP contribution in [0.4, 0.5) is 5.69 Å². The second kappa shape index (κ2) is 11.5. The second-order valence-corrected chi connectivity index (χ2v) is 9.48. The summed E-state index contributed by atoms with van der Waals surface area (Å²) in [6.07, 6.45) is -0.0602. The lowest BCUT2D eigenvalue weighted by Gasteiger charge is -2.38. The minimum absolute atomic E-state index is 0.0602. The molecule has 8 nitrogen and oxygen atoms in total. The molecular weight excluding hydrogens is 442 g/mol. The van der Waals surface area contributed by atoms with Gasteiger partial charge in [0.25, 0.3) is 0 Å².